The van der Waals surface area contributed by atoms with Gasteiger partial charge in [0.2, 0.25) is 0 Å². The summed E-state index contributed by atoms with van der Waals surface area (Å²) in [6.07, 6.45) is 4.20. The number of ether oxygens (including phenoxy) is 1. The molecule has 72 valence electrons. The smallest absolute Gasteiger partial charge is 0.312 e. The summed E-state index contributed by atoms with van der Waals surface area (Å²) in [6, 6.07) is 0. The standard InChI is InChI=1S/C11H16O2/c1-11(2)8-6-3-4-7(5-6)9(8)13-10(11)12/h6-9H,3-5H2,1-2H3. The van der Waals surface area contributed by atoms with Gasteiger partial charge in [0, 0.05) is 5.92 Å². The minimum absolute atomic E-state index is 0.0408. The van der Waals surface area contributed by atoms with E-state index in [0.717, 1.165) is 5.92 Å². The predicted octanol–water partition coefficient (Wildman–Crippen LogP) is 1.98. The molecular weight excluding hydrogens is 164 g/mol. The van der Waals surface area contributed by atoms with Gasteiger partial charge in [-0.15, -0.1) is 0 Å². The largest absolute Gasteiger partial charge is 0.461 e. The molecule has 1 heterocycles. The molecule has 0 aromatic heterocycles. The van der Waals surface area contributed by atoms with Crippen LogP contribution in [0.5, 0.6) is 0 Å². The molecule has 3 rings (SSSR count). The maximum absolute atomic E-state index is 11.6. The van der Waals surface area contributed by atoms with Crippen LogP contribution >= 0.6 is 0 Å². The first kappa shape index (κ1) is 7.84. The van der Waals surface area contributed by atoms with Gasteiger partial charge >= 0.3 is 5.97 Å². The number of carbonyl (C=O) groups is 1. The highest BCUT2D eigenvalue weighted by molar-refractivity contribution is 5.79. The van der Waals surface area contributed by atoms with E-state index in [4.69, 9.17) is 4.74 Å². The zero-order chi connectivity index (χ0) is 9.22. The van der Waals surface area contributed by atoms with Gasteiger partial charge in [-0.1, -0.05) is 0 Å². The monoisotopic (exact) mass is 180 g/mol. The number of esters is 1. The highest BCUT2D eigenvalue weighted by Gasteiger charge is 2.62. The molecule has 2 bridgehead atoms. The second-order valence-electron chi connectivity index (χ2n) is 5.45. The topological polar surface area (TPSA) is 26.3 Å². The number of rotatable bonds is 0. The summed E-state index contributed by atoms with van der Waals surface area (Å²) in [4.78, 5) is 11.6. The van der Waals surface area contributed by atoms with Gasteiger partial charge in [-0.3, -0.25) is 4.79 Å². The second kappa shape index (κ2) is 2.10. The minimum atomic E-state index is -0.204. The molecule has 13 heavy (non-hydrogen) atoms. The Labute approximate surface area is 78.6 Å². The summed E-state index contributed by atoms with van der Waals surface area (Å²) in [6.45, 7) is 4.11. The number of hydrogen-bond donors (Lipinski definition) is 0. The van der Waals surface area contributed by atoms with Crippen molar-refractivity contribution >= 4 is 5.97 Å². The zero-order valence-corrected chi connectivity index (χ0v) is 8.25. The van der Waals surface area contributed by atoms with Crippen molar-refractivity contribution in [2.24, 2.45) is 23.2 Å². The molecule has 0 N–H and O–H groups in total. The lowest BCUT2D eigenvalue weighted by molar-refractivity contribution is -0.149. The molecule has 0 spiro atoms. The van der Waals surface area contributed by atoms with Crippen molar-refractivity contribution in [1.82, 2.24) is 0 Å². The molecule has 1 saturated heterocycles. The molecule has 4 atom stereocenters. The van der Waals surface area contributed by atoms with Gasteiger partial charge in [0.25, 0.3) is 0 Å². The van der Waals surface area contributed by atoms with Crippen molar-refractivity contribution < 1.29 is 9.53 Å². The molecule has 3 aliphatic rings. The Morgan fingerprint density at radius 2 is 2.00 bits per heavy atom. The van der Waals surface area contributed by atoms with E-state index in [2.05, 4.69) is 13.8 Å². The molecule has 2 aliphatic carbocycles. The van der Waals surface area contributed by atoms with Gasteiger partial charge in [0.15, 0.2) is 0 Å². The second-order valence-corrected chi connectivity index (χ2v) is 5.45. The first-order chi connectivity index (χ1) is 6.10. The normalized spacial score (nSPS) is 50.8. The predicted molar refractivity (Wildman–Crippen MR) is 48.0 cm³/mol. The van der Waals surface area contributed by atoms with Crippen LogP contribution in [0.15, 0.2) is 0 Å². The van der Waals surface area contributed by atoms with Crippen molar-refractivity contribution in [2.45, 2.75) is 39.2 Å². The fraction of sp³-hybridized carbons (Fsp3) is 0.909. The van der Waals surface area contributed by atoms with Crippen LogP contribution in [0.1, 0.15) is 33.1 Å². The quantitative estimate of drug-likeness (QED) is 0.533. The van der Waals surface area contributed by atoms with Crippen LogP contribution < -0.4 is 0 Å². The van der Waals surface area contributed by atoms with E-state index in [0.29, 0.717) is 11.8 Å². The summed E-state index contributed by atoms with van der Waals surface area (Å²) < 4.78 is 5.50. The van der Waals surface area contributed by atoms with Crippen LogP contribution in [0.2, 0.25) is 0 Å². The minimum Gasteiger partial charge on any atom is -0.461 e. The third-order valence-corrected chi connectivity index (χ3v) is 4.44. The van der Waals surface area contributed by atoms with Gasteiger partial charge < -0.3 is 4.74 Å². The lowest BCUT2D eigenvalue weighted by Crippen LogP contribution is -2.32. The lowest BCUT2D eigenvalue weighted by Gasteiger charge is -2.28. The fourth-order valence-corrected chi connectivity index (χ4v) is 3.82. The molecule has 3 fully saturated rings. The van der Waals surface area contributed by atoms with E-state index in [-0.39, 0.29) is 17.5 Å². The van der Waals surface area contributed by atoms with Crippen LogP contribution in [0.3, 0.4) is 0 Å². The van der Waals surface area contributed by atoms with E-state index >= 15 is 0 Å². The Hall–Kier alpha value is -0.530. The molecule has 4 unspecified atom stereocenters. The maximum Gasteiger partial charge on any atom is 0.312 e. The number of carbonyl (C=O) groups excluding carboxylic acids is 1. The first-order valence-corrected chi connectivity index (χ1v) is 5.32. The SMILES string of the molecule is CC1(C)C(=O)OC2C3CCC(C3)C21. The van der Waals surface area contributed by atoms with Gasteiger partial charge in [0.1, 0.15) is 6.10 Å². The highest BCUT2D eigenvalue weighted by Crippen LogP contribution is 2.59. The van der Waals surface area contributed by atoms with Gasteiger partial charge in [-0.25, -0.2) is 0 Å². The third kappa shape index (κ3) is 0.773. The number of fused-ring (bicyclic) bond motifs is 5. The summed E-state index contributed by atoms with van der Waals surface area (Å²) in [5.41, 5.74) is -0.204. The van der Waals surface area contributed by atoms with Crippen molar-refractivity contribution in [3.8, 4) is 0 Å². The molecular formula is C11H16O2. The van der Waals surface area contributed by atoms with Crippen LogP contribution in [-0.4, -0.2) is 12.1 Å². The van der Waals surface area contributed by atoms with E-state index in [1.807, 2.05) is 0 Å². The average Bonchev–Trinajstić information content (AvgIpc) is 2.66. The molecule has 0 amide bonds. The molecule has 1 aliphatic heterocycles. The average molecular weight is 180 g/mol. The van der Waals surface area contributed by atoms with Crippen LogP contribution in [-0.2, 0) is 9.53 Å². The highest BCUT2D eigenvalue weighted by atomic mass is 16.6. The van der Waals surface area contributed by atoms with Gasteiger partial charge in [-0.05, 0) is 44.9 Å². The first-order valence-electron chi connectivity index (χ1n) is 5.32. The summed E-state index contributed by atoms with van der Waals surface area (Å²) >= 11 is 0. The molecule has 2 nitrogen and oxygen atoms in total. The van der Waals surface area contributed by atoms with Crippen molar-refractivity contribution in [2.75, 3.05) is 0 Å². The maximum atomic E-state index is 11.6. The molecule has 2 heteroatoms. The Kier molecular flexibility index (Phi) is 1.27. The van der Waals surface area contributed by atoms with Crippen LogP contribution in [0, 0.1) is 23.2 Å². The van der Waals surface area contributed by atoms with E-state index < -0.39 is 0 Å². The van der Waals surface area contributed by atoms with Gasteiger partial charge in [-0.2, -0.15) is 0 Å². The number of hydrogen-bond acceptors (Lipinski definition) is 2. The van der Waals surface area contributed by atoms with Crippen LogP contribution in [0.4, 0.5) is 0 Å². The lowest BCUT2D eigenvalue weighted by atomic mass is 9.71. The Balaban J connectivity index is 2.00. The van der Waals surface area contributed by atoms with Crippen molar-refractivity contribution in [3.05, 3.63) is 0 Å². The Morgan fingerprint density at radius 3 is 2.69 bits per heavy atom. The summed E-state index contributed by atoms with van der Waals surface area (Å²) in [5.74, 6) is 2.04. The van der Waals surface area contributed by atoms with Crippen molar-refractivity contribution in [3.63, 3.8) is 0 Å². The van der Waals surface area contributed by atoms with E-state index in [1.54, 1.807) is 0 Å². The Morgan fingerprint density at radius 1 is 1.31 bits per heavy atom. The molecule has 0 aromatic rings. The molecule has 0 radical (unpaired) electrons. The van der Waals surface area contributed by atoms with Crippen LogP contribution in [0.25, 0.3) is 0 Å². The molecule has 0 aromatic carbocycles. The Bertz CT molecular complexity index is 269. The van der Waals surface area contributed by atoms with Gasteiger partial charge in [0.05, 0.1) is 5.41 Å². The fourth-order valence-electron chi connectivity index (χ4n) is 3.82. The molecule has 2 saturated carbocycles. The summed E-state index contributed by atoms with van der Waals surface area (Å²) in [5, 5.41) is 0. The summed E-state index contributed by atoms with van der Waals surface area (Å²) in [7, 11) is 0. The zero-order valence-electron chi connectivity index (χ0n) is 8.25. The third-order valence-electron chi connectivity index (χ3n) is 4.44. The van der Waals surface area contributed by atoms with E-state index in [9.17, 15) is 4.79 Å². The van der Waals surface area contributed by atoms with E-state index in [1.165, 1.54) is 19.3 Å². The van der Waals surface area contributed by atoms with Crippen molar-refractivity contribution in [1.29, 1.82) is 0 Å².